The predicted octanol–water partition coefficient (Wildman–Crippen LogP) is 2.40. The summed E-state index contributed by atoms with van der Waals surface area (Å²) in [6, 6.07) is 2.76. The molecule has 6 nitrogen and oxygen atoms in total. The number of hydrogen-bond acceptors (Lipinski definition) is 3. The molecular weight excluding hydrogens is 270 g/mol. The number of nitrogens with one attached hydrogen (secondary N) is 1. The van der Waals surface area contributed by atoms with Crippen LogP contribution in [0.15, 0.2) is 12.1 Å². The Balaban J connectivity index is 1.99. The molecule has 2 rings (SSSR count). The van der Waals surface area contributed by atoms with Crippen molar-refractivity contribution in [2.24, 2.45) is 5.92 Å². The summed E-state index contributed by atoms with van der Waals surface area (Å²) >= 11 is 6.05. The largest absolute Gasteiger partial charge is 0.358 e. The summed E-state index contributed by atoms with van der Waals surface area (Å²) in [4.78, 5) is 26.4. The molecule has 7 heteroatoms. The van der Waals surface area contributed by atoms with Gasteiger partial charge in [0, 0.05) is 24.5 Å². The first kappa shape index (κ1) is 13.9. The number of H-pyrrole nitrogens is 1. The first-order valence-corrected chi connectivity index (χ1v) is 6.69. The fraction of sp³-hybridized carbons (Fsp3) is 0.583. The second-order valence-corrected chi connectivity index (χ2v) is 5.51. The van der Waals surface area contributed by atoms with Gasteiger partial charge in [0.25, 0.3) is 5.91 Å². The predicted molar refractivity (Wildman–Crippen MR) is 71.4 cm³/mol. The number of aromatic amines is 1. The number of likely N-dealkylation sites (tertiary alicyclic amines) is 1. The Morgan fingerprint density at radius 3 is 2.63 bits per heavy atom. The Kier molecular flexibility index (Phi) is 4.09. The van der Waals surface area contributed by atoms with Crippen molar-refractivity contribution in [3.05, 3.63) is 27.9 Å². The molecule has 0 radical (unpaired) electrons. The lowest BCUT2D eigenvalue weighted by Crippen LogP contribution is -2.40. The molecule has 1 saturated heterocycles. The molecule has 0 aliphatic carbocycles. The molecular formula is C12H16ClN3O3. The quantitative estimate of drug-likeness (QED) is 0.526. The van der Waals surface area contributed by atoms with E-state index in [4.69, 9.17) is 11.6 Å². The molecule has 1 unspecified atom stereocenters. The van der Waals surface area contributed by atoms with Gasteiger partial charge in [-0.05, 0) is 36.7 Å². The number of halogens is 1. The van der Waals surface area contributed by atoms with Crippen LogP contribution in [0.4, 0.5) is 5.82 Å². The summed E-state index contributed by atoms with van der Waals surface area (Å²) in [6.07, 6.45) is 1.75. The second kappa shape index (κ2) is 5.61. The normalized spacial score (nSPS) is 18.3. The van der Waals surface area contributed by atoms with Gasteiger partial charge >= 0.3 is 5.82 Å². The van der Waals surface area contributed by atoms with Crippen molar-refractivity contribution in [3.8, 4) is 0 Å². The Morgan fingerprint density at radius 1 is 1.53 bits per heavy atom. The number of amides is 1. The van der Waals surface area contributed by atoms with E-state index in [-0.39, 0.29) is 22.8 Å². The summed E-state index contributed by atoms with van der Waals surface area (Å²) < 4.78 is 0. The monoisotopic (exact) mass is 285 g/mol. The van der Waals surface area contributed by atoms with Crippen LogP contribution in [0.5, 0.6) is 0 Å². The first-order valence-electron chi connectivity index (χ1n) is 6.26. The highest BCUT2D eigenvalue weighted by molar-refractivity contribution is 6.20. The van der Waals surface area contributed by atoms with Gasteiger partial charge in [-0.15, -0.1) is 11.6 Å². The molecule has 1 aliphatic heterocycles. The number of nitrogens with zero attached hydrogens (tertiary/aromatic N) is 2. The van der Waals surface area contributed by atoms with Crippen LogP contribution in [-0.2, 0) is 0 Å². The molecule has 1 aliphatic rings. The van der Waals surface area contributed by atoms with Gasteiger partial charge in [0.2, 0.25) is 0 Å². The van der Waals surface area contributed by atoms with E-state index in [0.29, 0.717) is 19.0 Å². The number of alkyl halides is 1. The summed E-state index contributed by atoms with van der Waals surface area (Å²) in [5.41, 5.74) is 0.268. The molecule has 1 N–H and O–H groups in total. The third-order valence-corrected chi connectivity index (χ3v) is 3.93. The third kappa shape index (κ3) is 3.07. The fourth-order valence-electron chi connectivity index (χ4n) is 2.35. The maximum absolute atomic E-state index is 12.2. The number of aromatic nitrogens is 1. The summed E-state index contributed by atoms with van der Waals surface area (Å²) in [7, 11) is 0. The lowest BCUT2D eigenvalue weighted by atomic mass is 9.94. The standard InChI is InChI=1S/C12H16ClN3O3/c1-8(13)9-4-6-15(7-5-9)12(17)10-2-3-11(14-10)16(18)19/h2-3,8-9,14H,4-7H2,1H3. The van der Waals surface area contributed by atoms with Crippen molar-refractivity contribution in [2.45, 2.75) is 25.1 Å². The molecule has 0 saturated carbocycles. The Bertz CT molecular complexity index is 478. The highest BCUT2D eigenvalue weighted by Crippen LogP contribution is 2.25. The van der Waals surface area contributed by atoms with E-state index in [1.807, 2.05) is 6.92 Å². The number of carbonyl (C=O) groups is 1. The van der Waals surface area contributed by atoms with Gasteiger partial charge in [0.15, 0.2) is 5.69 Å². The topological polar surface area (TPSA) is 79.2 Å². The summed E-state index contributed by atoms with van der Waals surface area (Å²) in [5, 5.41) is 10.7. The van der Waals surface area contributed by atoms with Crippen molar-refractivity contribution < 1.29 is 9.72 Å². The van der Waals surface area contributed by atoms with E-state index in [1.165, 1.54) is 12.1 Å². The maximum Gasteiger partial charge on any atom is 0.321 e. The van der Waals surface area contributed by atoms with E-state index < -0.39 is 4.92 Å². The van der Waals surface area contributed by atoms with E-state index in [2.05, 4.69) is 4.98 Å². The minimum Gasteiger partial charge on any atom is -0.358 e. The highest BCUT2D eigenvalue weighted by Gasteiger charge is 2.28. The van der Waals surface area contributed by atoms with Crippen molar-refractivity contribution in [1.29, 1.82) is 0 Å². The zero-order chi connectivity index (χ0) is 14.0. The van der Waals surface area contributed by atoms with Gasteiger partial charge < -0.3 is 15.0 Å². The van der Waals surface area contributed by atoms with E-state index in [1.54, 1.807) is 4.90 Å². The van der Waals surface area contributed by atoms with Crippen molar-refractivity contribution in [3.63, 3.8) is 0 Å². The Morgan fingerprint density at radius 2 is 2.16 bits per heavy atom. The molecule has 0 aromatic carbocycles. The van der Waals surface area contributed by atoms with E-state index in [9.17, 15) is 14.9 Å². The van der Waals surface area contributed by atoms with Gasteiger partial charge in [-0.1, -0.05) is 0 Å². The van der Waals surface area contributed by atoms with Crippen molar-refractivity contribution in [1.82, 2.24) is 9.88 Å². The zero-order valence-corrected chi connectivity index (χ0v) is 11.4. The van der Waals surface area contributed by atoms with Crippen LogP contribution >= 0.6 is 11.6 Å². The average molecular weight is 286 g/mol. The molecule has 0 bridgehead atoms. The maximum atomic E-state index is 12.2. The lowest BCUT2D eigenvalue weighted by molar-refractivity contribution is -0.389. The number of nitro groups is 1. The summed E-state index contributed by atoms with van der Waals surface area (Å²) in [6.45, 7) is 3.26. The third-order valence-electron chi connectivity index (χ3n) is 3.57. The first-order chi connectivity index (χ1) is 8.99. The van der Waals surface area contributed by atoms with E-state index in [0.717, 1.165) is 12.8 Å². The van der Waals surface area contributed by atoms with Crippen LogP contribution < -0.4 is 0 Å². The van der Waals surface area contributed by atoms with E-state index >= 15 is 0 Å². The van der Waals surface area contributed by atoms with Gasteiger partial charge in [0.1, 0.15) is 0 Å². The molecule has 1 aromatic rings. The van der Waals surface area contributed by atoms with Gasteiger partial charge in [-0.25, -0.2) is 4.98 Å². The van der Waals surface area contributed by atoms with Gasteiger partial charge in [-0.3, -0.25) is 4.79 Å². The van der Waals surface area contributed by atoms with Gasteiger partial charge in [-0.2, -0.15) is 0 Å². The fourth-order valence-corrected chi connectivity index (χ4v) is 2.60. The molecule has 1 atom stereocenters. The van der Waals surface area contributed by atoms with Crippen LogP contribution in [0.2, 0.25) is 0 Å². The van der Waals surface area contributed by atoms with Crippen LogP contribution in [0, 0.1) is 16.0 Å². The number of carbonyl (C=O) groups excluding carboxylic acids is 1. The smallest absolute Gasteiger partial charge is 0.321 e. The average Bonchev–Trinajstić information content (AvgIpc) is 2.87. The molecule has 1 fully saturated rings. The minimum absolute atomic E-state index is 0.115. The molecule has 1 amide bonds. The number of piperidine rings is 1. The highest BCUT2D eigenvalue weighted by atomic mass is 35.5. The molecule has 19 heavy (non-hydrogen) atoms. The molecule has 2 heterocycles. The SMILES string of the molecule is CC(Cl)C1CCN(C(=O)c2ccc([N+](=O)[O-])[nH]2)CC1. The van der Waals surface area contributed by atoms with Crippen LogP contribution in [0.1, 0.15) is 30.3 Å². The Hall–Kier alpha value is -1.56. The molecule has 104 valence electrons. The zero-order valence-electron chi connectivity index (χ0n) is 10.6. The molecule has 1 aromatic heterocycles. The molecule has 0 spiro atoms. The second-order valence-electron chi connectivity index (χ2n) is 4.82. The Labute approximate surface area is 115 Å². The van der Waals surface area contributed by atoms with Crippen LogP contribution in [0.25, 0.3) is 0 Å². The van der Waals surface area contributed by atoms with Crippen LogP contribution in [0.3, 0.4) is 0 Å². The van der Waals surface area contributed by atoms with Crippen LogP contribution in [-0.4, -0.2) is 39.2 Å². The lowest BCUT2D eigenvalue weighted by Gasteiger charge is -2.32. The summed E-state index contributed by atoms with van der Waals surface area (Å²) in [5.74, 6) is 0.0880. The number of rotatable bonds is 3. The van der Waals surface area contributed by atoms with Crippen molar-refractivity contribution >= 4 is 23.3 Å². The van der Waals surface area contributed by atoms with Crippen molar-refractivity contribution in [2.75, 3.05) is 13.1 Å². The van der Waals surface area contributed by atoms with Gasteiger partial charge in [0.05, 0.1) is 0 Å². The minimum atomic E-state index is -0.543. The number of hydrogen-bond donors (Lipinski definition) is 1.